The van der Waals surface area contributed by atoms with E-state index in [1.54, 1.807) is 0 Å². The van der Waals surface area contributed by atoms with Crippen molar-refractivity contribution in [2.24, 2.45) is 11.8 Å². The van der Waals surface area contributed by atoms with Gasteiger partial charge in [0.2, 0.25) is 5.91 Å². The second-order valence-corrected chi connectivity index (χ2v) is 8.13. The predicted octanol–water partition coefficient (Wildman–Crippen LogP) is 4.22. The minimum atomic E-state index is 0.358. The fourth-order valence-electron chi connectivity index (χ4n) is 4.60. The normalized spacial score (nSPS) is 21.9. The van der Waals surface area contributed by atoms with Crippen LogP contribution in [0.1, 0.15) is 44.1 Å². The van der Waals surface area contributed by atoms with Crippen LogP contribution in [0.2, 0.25) is 0 Å². The molecular weight excluding hydrogens is 336 g/mol. The van der Waals surface area contributed by atoms with Gasteiger partial charge in [0.1, 0.15) is 0 Å². The van der Waals surface area contributed by atoms with Crippen LogP contribution in [-0.2, 0) is 16.0 Å². The lowest BCUT2D eigenvalue weighted by molar-refractivity contribution is -0.132. The summed E-state index contributed by atoms with van der Waals surface area (Å²) in [5, 5.41) is 1.27. The summed E-state index contributed by atoms with van der Waals surface area (Å²) in [6, 6.07) is 10.6. The molecule has 2 aliphatic heterocycles. The number of hydrogen-bond acceptors (Lipinski definition) is 3. The summed E-state index contributed by atoms with van der Waals surface area (Å²) in [7, 11) is 0. The van der Waals surface area contributed by atoms with Crippen LogP contribution in [0.4, 0.5) is 0 Å². The molecule has 0 spiro atoms. The van der Waals surface area contributed by atoms with Gasteiger partial charge in [0.05, 0.1) is 5.52 Å². The first-order chi connectivity index (χ1) is 13.3. The van der Waals surface area contributed by atoms with Crippen LogP contribution < -0.4 is 0 Å². The topological polar surface area (TPSA) is 42.4 Å². The zero-order chi connectivity index (χ0) is 18.5. The average Bonchev–Trinajstić information content (AvgIpc) is 2.95. The van der Waals surface area contributed by atoms with E-state index in [9.17, 15) is 4.79 Å². The summed E-state index contributed by atoms with van der Waals surface area (Å²) < 4.78 is 5.42. The highest BCUT2D eigenvalue weighted by atomic mass is 16.5. The minimum Gasteiger partial charge on any atom is -0.381 e. The molecule has 2 aromatic rings. The third-order valence-electron chi connectivity index (χ3n) is 6.25. The molecular formula is C23H30N2O2. The number of amides is 1. The van der Waals surface area contributed by atoms with Gasteiger partial charge in [-0.05, 0) is 68.1 Å². The average molecular weight is 367 g/mol. The summed E-state index contributed by atoms with van der Waals surface area (Å²) in [4.78, 5) is 19.3. The molecule has 0 aliphatic carbocycles. The Balaban J connectivity index is 1.34. The minimum absolute atomic E-state index is 0.358. The van der Waals surface area contributed by atoms with Crippen molar-refractivity contribution in [1.82, 2.24) is 9.88 Å². The number of nitrogens with zero attached hydrogens (tertiary/aromatic N) is 2. The molecule has 3 heterocycles. The number of carbonyl (C=O) groups is 1. The van der Waals surface area contributed by atoms with E-state index in [0.29, 0.717) is 24.2 Å². The van der Waals surface area contributed by atoms with Gasteiger partial charge >= 0.3 is 0 Å². The molecule has 27 heavy (non-hydrogen) atoms. The lowest BCUT2D eigenvalue weighted by Crippen LogP contribution is -2.34. The third kappa shape index (κ3) is 4.67. The Kier molecular flexibility index (Phi) is 6.03. The van der Waals surface area contributed by atoms with Crippen molar-refractivity contribution >= 4 is 16.8 Å². The Morgan fingerprint density at radius 3 is 2.81 bits per heavy atom. The van der Waals surface area contributed by atoms with E-state index in [1.165, 1.54) is 17.4 Å². The molecule has 144 valence electrons. The van der Waals surface area contributed by atoms with Gasteiger partial charge in [-0.3, -0.25) is 9.78 Å². The Hall–Kier alpha value is -1.94. The maximum Gasteiger partial charge on any atom is 0.222 e. The number of carbonyl (C=O) groups excluding carboxylic acids is 1. The van der Waals surface area contributed by atoms with E-state index in [0.717, 1.165) is 63.9 Å². The summed E-state index contributed by atoms with van der Waals surface area (Å²) in [5.74, 6) is 1.53. The van der Waals surface area contributed by atoms with Gasteiger partial charge < -0.3 is 9.64 Å². The molecule has 0 bridgehead atoms. The van der Waals surface area contributed by atoms with Crippen LogP contribution >= 0.6 is 0 Å². The van der Waals surface area contributed by atoms with Gasteiger partial charge in [0.25, 0.3) is 0 Å². The number of benzene rings is 1. The molecule has 4 rings (SSSR count). The van der Waals surface area contributed by atoms with E-state index in [-0.39, 0.29) is 0 Å². The van der Waals surface area contributed by atoms with Gasteiger partial charge in [-0.2, -0.15) is 0 Å². The van der Waals surface area contributed by atoms with Gasteiger partial charge in [-0.15, -0.1) is 0 Å². The third-order valence-corrected chi connectivity index (χ3v) is 6.25. The highest BCUT2D eigenvalue weighted by Gasteiger charge is 2.24. The summed E-state index contributed by atoms with van der Waals surface area (Å²) in [6.07, 6.45) is 9.17. The lowest BCUT2D eigenvalue weighted by atomic mass is 9.91. The first-order valence-electron chi connectivity index (χ1n) is 10.5. The van der Waals surface area contributed by atoms with Crippen molar-refractivity contribution < 1.29 is 9.53 Å². The van der Waals surface area contributed by atoms with E-state index in [4.69, 9.17) is 4.74 Å². The first-order valence-corrected chi connectivity index (χ1v) is 10.5. The van der Waals surface area contributed by atoms with Gasteiger partial charge in [-0.25, -0.2) is 0 Å². The first kappa shape index (κ1) is 18.4. The molecule has 2 fully saturated rings. The Morgan fingerprint density at radius 1 is 1.04 bits per heavy atom. The largest absolute Gasteiger partial charge is 0.381 e. The molecule has 4 nitrogen and oxygen atoms in total. The molecule has 1 aromatic carbocycles. The van der Waals surface area contributed by atoms with Gasteiger partial charge in [0.15, 0.2) is 0 Å². The van der Waals surface area contributed by atoms with Crippen molar-refractivity contribution in [3.05, 3.63) is 42.1 Å². The molecule has 2 aliphatic rings. The molecule has 0 radical (unpaired) electrons. The Morgan fingerprint density at radius 2 is 1.93 bits per heavy atom. The molecule has 0 unspecified atom stereocenters. The number of hydrogen-bond donors (Lipinski definition) is 0. The number of pyridine rings is 1. The molecule has 4 heteroatoms. The van der Waals surface area contributed by atoms with Crippen LogP contribution in [0.3, 0.4) is 0 Å². The SMILES string of the molecule is O=C(CC1CCOCC1)N1CCC[C@H](Cc2cccc3ncccc23)CC1. The van der Waals surface area contributed by atoms with Crippen molar-refractivity contribution in [3.8, 4) is 0 Å². The van der Waals surface area contributed by atoms with E-state index in [1.807, 2.05) is 12.3 Å². The summed E-state index contributed by atoms with van der Waals surface area (Å²) in [5.41, 5.74) is 2.48. The van der Waals surface area contributed by atoms with Crippen LogP contribution in [0.25, 0.3) is 10.9 Å². The monoisotopic (exact) mass is 366 g/mol. The van der Waals surface area contributed by atoms with Crippen LogP contribution in [0.15, 0.2) is 36.5 Å². The fraction of sp³-hybridized carbons (Fsp3) is 0.565. The van der Waals surface area contributed by atoms with Crippen LogP contribution in [-0.4, -0.2) is 42.1 Å². The zero-order valence-electron chi connectivity index (χ0n) is 16.1. The smallest absolute Gasteiger partial charge is 0.222 e. The standard InChI is InChI=1S/C23H30N2O2/c26-23(17-19-9-14-27-15-10-19)25-12-3-4-18(8-13-25)16-20-5-1-7-22-21(20)6-2-11-24-22/h1-2,5-7,11,18-19H,3-4,8-10,12-17H2/t18-/m0/s1. The highest BCUT2D eigenvalue weighted by Crippen LogP contribution is 2.27. The van der Waals surface area contributed by atoms with Gasteiger partial charge in [-0.1, -0.05) is 18.2 Å². The van der Waals surface area contributed by atoms with Crippen LogP contribution in [0, 0.1) is 11.8 Å². The van der Waals surface area contributed by atoms with Crippen molar-refractivity contribution in [2.75, 3.05) is 26.3 Å². The maximum absolute atomic E-state index is 12.7. The van der Waals surface area contributed by atoms with E-state index in [2.05, 4.69) is 34.1 Å². The maximum atomic E-state index is 12.7. The molecule has 0 saturated carbocycles. The fourth-order valence-corrected chi connectivity index (χ4v) is 4.60. The molecule has 1 atom stereocenters. The number of ether oxygens (including phenoxy) is 1. The number of rotatable bonds is 4. The lowest BCUT2D eigenvalue weighted by Gasteiger charge is -2.26. The summed E-state index contributed by atoms with van der Waals surface area (Å²) >= 11 is 0. The Bertz CT molecular complexity index is 765. The summed E-state index contributed by atoms with van der Waals surface area (Å²) in [6.45, 7) is 3.48. The zero-order valence-corrected chi connectivity index (χ0v) is 16.1. The number of aromatic nitrogens is 1. The quantitative estimate of drug-likeness (QED) is 0.813. The molecule has 0 N–H and O–H groups in total. The molecule has 2 saturated heterocycles. The van der Waals surface area contributed by atoms with E-state index >= 15 is 0 Å². The highest BCUT2D eigenvalue weighted by molar-refractivity contribution is 5.82. The van der Waals surface area contributed by atoms with Crippen molar-refractivity contribution in [1.29, 1.82) is 0 Å². The predicted molar refractivity (Wildman–Crippen MR) is 108 cm³/mol. The van der Waals surface area contributed by atoms with Gasteiger partial charge in [0, 0.05) is 44.3 Å². The number of likely N-dealkylation sites (tertiary alicyclic amines) is 1. The number of fused-ring (bicyclic) bond motifs is 1. The van der Waals surface area contributed by atoms with Crippen LogP contribution in [0.5, 0.6) is 0 Å². The van der Waals surface area contributed by atoms with E-state index < -0.39 is 0 Å². The van der Waals surface area contributed by atoms with Crippen molar-refractivity contribution in [2.45, 2.75) is 44.9 Å². The molecule has 1 aromatic heterocycles. The second-order valence-electron chi connectivity index (χ2n) is 8.13. The second kappa shape index (κ2) is 8.83. The van der Waals surface area contributed by atoms with Crippen molar-refractivity contribution in [3.63, 3.8) is 0 Å². The Labute approximate surface area is 161 Å². The molecule has 1 amide bonds.